The van der Waals surface area contributed by atoms with Crippen LogP contribution in [0.3, 0.4) is 0 Å². The largest absolute Gasteiger partial charge is 0.340 e. The predicted molar refractivity (Wildman–Crippen MR) is 91.5 cm³/mol. The molecule has 1 N–H and O–H groups in total. The van der Waals surface area contributed by atoms with Gasteiger partial charge in [-0.15, -0.1) is 0 Å². The fourth-order valence-electron chi connectivity index (χ4n) is 2.82. The Labute approximate surface area is 146 Å². The first-order valence-corrected chi connectivity index (χ1v) is 9.94. The normalized spacial score (nSPS) is 16.1. The number of rotatable bonds is 5. The Bertz CT molecular complexity index is 810. The monoisotopic (exact) mass is 363 g/mol. The fourth-order valence-corrected chi connectivity index (χ4v) is 3.45. The minimum Gasteiger partial charge on any atom is -0.340 e. The molecule has 25 heavy (non-hydrogen) atoms. The number of hydrogen-bond donors (Lipinski definition) is 1. The van der Waals surface area contributed by atoms with E-state index in [1.165, 1.54) is 12.6 Å². The second kappa shape index (κ2) is 7.32. The van der Waals surface area contributed by atoms with E-state index in [-0.39, 0.29) is 17.2 Å². The molecule has 0 radical (unpaired) electrons. The molecule has 1 amide bonds. The first kappa shape index (κ1) is 17.6. The van der Waals surface area contributed by atoms with Gasteiger partial charge in [0.2, 0.25) is 5.91 Å². The predicted octanol–water partition coefficient (Wildman–Crippen LogP) is 0.0951. The van der Waals surface area contributed by atoms with E-state index in [0.29, 0.717) is 19.6 Å². The number of hydrogen-bond acceptors (Lipinski definition) is 6. The molecule has 1 aliphatic rings. The molecule has 0 unspecified atom stereocenters. The van der Waals surface area contributed by atoms with Crippen molar-refractivity contribution in [2.75, 3.05) is 32.4 Å². The van der Waals surface area contributed by atoms with Gasteiger partial charge in [-0.25, -0.2) is 13.4 Å². The minimum absolute atomic E-state index is 0.0615. The molecule has 0 bridgehead atoms. The summed E-state index contributed by atoms with van der Waals surface area (Å²) in [5.74, 6) is 0.886. The zero-order valence-corrected chi connectivity index (χ0v) is 14.9. The van der Waals surface area contributed by atoms with Crippen LogP contribution in [0.4, 0.5) is 0 Å². The molecule has 0 saturated carbocycles. The van der Waals surface area contributed by atoms with Crippen LogP contribution in [-0.2, 0) is 27.6 Å². The summed E-state index contributed by atoms with van der Waals surface area (Å²) >= 11 is 0. The summed E-state index contributed by atoms with van der Waals surface area (Å²) in [6.45, 7) is 3.64. The number of H-pyrrole nitrogens is 1. The molecule has 0 aliphatic carbocycles. The van der Waals surface area contributed by atoms with Crippen LogP contribution in [0.1, 0.15) is 11.4 Å². The van der Waals surface area contributed by atoms with Gasteiger partial charge >= 0.3 is 0 Å². The molecule has 1 aromatic heterocycles. The van der Waals surface area contributed by atoms with Crippen molar-refractivity contribution < 1.29 is 13.2 Å². The van der Waals surface area contributed by atoms with Crippen molar-refractivity contribution >= 4 is 15.7 Å². The van der Waals surface area contributed by atoms with E-state index >= 15 is 0 Å². The molecule has 2 aromatic rings. The van der Waals surface area contributed by atoms with Crippen LogP contribution in [0.5, 0.6) is 0 Å². The van der Waals surface area contributed by atoms with Crippen molar-refractivity contribution in [3.05, 3.63) is 42.0 Å². The van der Waals surface area contributed by atoms with Crippen LogP contribution in [-0.4, -0.2) is 71.7 Å². The highest BCUT2D eigenvalue weighted by molar-refractivity contribution is 7.90. The average molecular weight is 363 g/mol. The summed E-state index contributed by atoms with van der Waals surface area (Å²) in [7, 11) is -3.21. The molecular weight excluding hydrogens is 342 g/mol. The number of carbonyl (C=O) groups is 1. The van der Waals surface area contributed by atoms with Crippen LogP contribution in [0.25, 0.3) is 0 Å². The number of benzene rings is 1. The fraction of sp³-hybridized carbons (Fsp3) is 0.438. The van der Waals surface area contributed by atoms with Gasteiger partial charge in [0.05, 0.1) is 17.9 Å². The summed E-state index contributed by atoms with van der Waals surface area (Å²) in [5, 5.41) is 6.67. The van der Waals surface area contributed by atoms with Gasteiger partial charge in [0, 0.05) is 32.4 Å². The van der Waals surface area contributed by atoms with E-state index in [4.69, 9.17) is 0 Å². The van der Waals surface area contributed by atoms with E-state index in [2.05, 4.69) is 20.1 Å². The van der Waals surface area contributed by atoms with E-state index in [1.54, 1.807) is 24.3 Å². The highest BCUT2D eigenvalue weighted by Crippen LogP contribution is 2.12. The number of aromatic nitrogens is 3. The lowest BCUT2D eigenvalue weighted by atomic mass is 10.1. The van der Waals surface area contributed by atoms with Gasteiger partial charge in [0.25, 0.3) is 0 Å². The first-order valence-electron chi connectivity index (χ1n) is 8.05. The number of nitrogens with one attached hydrogen (secondary N) is 1. The van der Waals surface area contributed by atoms with Gasteiger partial charge < -0.3 is 4.90 Å². The zero-order valence-electron chi connectivity index (χ0n) is 14.1. The lowest BCUT2D eigenvalue weighted by molar-refractivity contribution is -0.132. The molecule has 1 saturated heterocycles. The second-order valence-corrected chi connectivity index (χ2v) is 8.20. The summed E-state index contributed by atoms with van der Waals surface area (Å²) in [5.41, 5.74) is 0.821. The Hall–Kier alpha value is -2.26. The third kappa shape index (κ3) is 4.64. The maximum absolute atomic E-state index is 12.4. The van der Waals surface area contributed by atoms with Gasteiger partial charge in [-0.3, -0.25) is 14.8 Å². The molecule has 0 spiro atoms. The average Bonchev–Trinajstić information content (AvgIpc) is 3.08. The van der Waals surface area contributed by atoms with Crippen molar-refractivity contribution in [2.45, 2.75) is 17.9 Å². The maximum atomic E-state index is 12.4. The van der Waals surface area contributed by atoms with E-state index < -0.39 is 9.84 Å². The van der Waals surface area contributed by atoms with Gasteiger partial charge in [-0.1, -0.05) is 12.1 Å². The smallest absolute Gasteiger partial charge is 0.227 e. The van der Waals surface area contributed by atoms with Gasteiger partial charge in [-0.05, 0) is 17.7 Å². The molecular formula is C16H21N5O3S. The van der Waals surface area contributed by atoms with Crippen LogP contribution in [0.15, 0.2) is 35.5 Å². The lowest BCUT2D eigenvalue weighted by Crippen LogP contribution is -2.48. The topological polar surface area (TPSA) is 99.3 Å². The van der Waals surface area contributed by atoms with Gasteiger partial charge in [-0.2, -0.15) is 5.10 Å². The summed E-state index contributed by atoms with van der Waals surface area (Å²) in [4.78, 5) is 20.9. The number of sulfone groups is 1. The molecule has 8 nitrogen and oxygen atoms in total. The van der Waals surface area contributed by atoms with Crippen molar-refractivity contribution in [3.8, 4) is 0 Å². The number of piperazine rings is 1. The summed E-state index contributed by atoms with van der Waals surface area (Å²) < 4.78 is 22.9. The van der Waals surface area contributed by atoms with Crippen LogP contribution in [0.2, 0.25) is 0 Å². The quantitative estimate of drug-likeness (QED) is 0.809. The van der Waals surface area contributed by atoms with Gasteiger partial charge in [0.1, 0.15) is 12.2 Å². The third-order valence-corrected chi connectivity index (χ3v) is 5.40. The second-order valence-electron chi connectivity index (χ2n) is 6.18. The Balaban J connectivity index is 1.51. The molecule has 9 heteroatoms. The van der Waals surface area contributed by atoms with Crippen LogP contribution in [0, 0.1) is 0 Å². The van der Waals surface area contributed by atoms with Gasteiger partial charge in [0.15, 0.2) is 9.84 Å². The highest BCUT2D eigenvalue weighted by Gasteiger charge is 2.21. The van der Waals surface area contributed by atoms with E-state index in [9.17, 15) is 13.2 Å². The summed E-state index contributed by atoms with van der Waals surface area (Å²) in [6.07, 6.45) is 2.95. The van der Waals surface area contributed by atoms with Crippen molar-refractivity contribution in [3.63, 3.8) is 0 Å². The van der Waals surface area contributed by atoms with Crippen molar-refractivity contribution in [1.82, 2.24) is 25.0 Å². The number of amides is 1. The Morgan fingerprint density at radius 3 is 2.40 bits per heavy atom. The van der Waals surface area contributed by atoms with Crippen LogP contribution >= 0.6 is 0 Å². The Morgan fingerprint density at radius 1 is 1.16 bits per heavy atom. The van der Waals surface area contributed by atoms with Crippen molar-refractivity contribution in [2.24, 2.45) is 0 Å². The van der Waals surface area contributed by atoms with E-state index in [1.807, 2.05) is 4.90 Å². The number of aromatic amines is 1. The van der Waals surface area contributed by atoms with Crippen molar-refractivity contribution in [1.29, 1.82) is 0 Å². The standard InChI is InChI=1S/C16H21N5O3S/c1-25(23,24)14-4-2-13(3-5-14)10-16(22)21-8-6-20(7-9-21)11-15-17-12-18-19-15/h2-5,12H,6-11H2,1H3,(H,17,18,19). The molecule has 3 rings (SSSR count). The zero-order chi connectivity index (χ0) is 17.9. The Kier molecular flexibility index (Phi) is 5.14. The lowest BCUT2D eigenvalue weighted by Gasteiger charge is -2.34. The highest BCUT2D eigenvalue weighted by atomic mass is 32.2. The Morgan fingerprint density at radius 2 is 1.84 bits per heavy atom. The summed E-state index contributed by atoms with van der Waals surface area (Å²) in [6, 6.07) is 6.50. The molecule has 1 aliphatic heterocycles. The molecule has 2 heterocycles. The first-order chi connectivity index (χ1) is 11.9. The third-order valence-electron chi connectivity index (χ3n) is 4.27. The van der Waals surface area contributed by atoms with Crippen LogP contribution < -0.4 is 0 Å². The molecule has 1 fully saturated rings. The maximum Gasteiger partial charge on any atom is 0.227 e. The molecule has 0 atom stereocenters. The minimum atomic E-state index is -3.21. The number of nitrogens with zero attached hydrogens (tertiary/aromatic N) is 4. The SMILES string of the molecule is CS(=O)(=O)c1ccc(CC(=O)N2CCN(Cc3ncn[nH]3)CC2)cc1. The molecule has 134 valence electrons. The number of carbonyl (C=O) groups excluding carboxylic acids is 1. The molecule has 1 aromatic carbocycles. The van der Waals surface area contributed by atoms with E-state index in [0.717, 1.165) is 24.5 Å².